The molecule has 4 rings (SSSR count). The summed E-state index contributed by atoms with van der Waals surface area (Å²) in [5.74, 6) is -0.161. The van der Waals surface area contributed by atoms with E-state index in [9.17, 15) is 13.2 Å². The first-order valence-corrected chi connectivity index (χ1v) is 11.9. The average molecular weight is 467 g/mol. The number of amides is 1. The Labute approximate surface area is 190 Å². The normalized spacial score (nSPS) is 12.6. The molecule has 1 unspecified atom stereocenters. The highest BCUT2D eigenvalue weighted by molar-refractivity contribution is 7.90. The monoisotopic (exact) mass is 466 g/mol. The molecule has 1 atom stereocenters. The number of hydrogen-bond acceptors (Lipinski definition) is 8. The quantitative estimate of drug-likeness (QED) is 0.415. The van der Waals surface area contributed by atoms with E-state index in [2.05, 4.69) is 20.4 Å². The van der Waals surface area contributed by atoms with Crippen LogP contribution in [-0.2, 0) is 15.6 Å². The van der Waals surface area contributed by atoms with Crippen LogP contribution in [0.5, 0.6) is 0 Å². The fraction of sp³-hybridized carbons (Fsp3) is 0.217. The number of carbonyl (C=O) groups excluding carboxylic acids is 1. The molecular weight excluding hydrogens is 444 g/mol. The minimum Gasteiger partial charge on any atom is -0.455 e. The molecule has 0 radical (unpaired) electrons. The smallest absolute Gasteiger partial charge is 0.287 e. The standard InChI is InChI=1S/C23H22N4O5S/c1-15(2)20(23-26-21(27-32-23)16-7-6-12-24-13-16)25-22(28)19-11-10-17(31-19)14-33(29,30)18-8-4-3-5-9-18/h3-13,15,20H,14H2,1-2H3,(H,25,28). The molecule has 0 bridgehead atoms. The number of nitrogens with one attached hydrogen (secondary N) is 1. The summed E-state index contributed by atoms with van der Waals surface area (Å²) in [6.07, 6.45) is 3.26. The molecule has 0 spiro atoms. The second-order valence-corrected chi connectivity index (χ2v) is 9.72. The van der Waals surface area contributed by atoms with Crippen LogP contribution in [0.3, 0.4) is 0 Å². The maximum Gasteiger partial charge on any atom is 0.287 e. The van der Waals surface area contributed by atoms with Crippen molar-refractivity contribution in [1.29, 1.82) is 0 Å². The Balaban J connectivity index is 1.48. The van der Waals surface area contributed by atoms with Crippen molar-refractivity contribution in [2.75, 3.05) is 0 Å². The molecule has 1 amide bonds. The minimum atomic E-state index is -3.59. The van der Waals surface area contributed by atoms with E-state index in [0.717, 1.165) is 0 Å². The number of sulfone groups is 1. The Bertz CT molecular complexity index is 1330. The van der Waals surface area contributed by atoms with Gasteiger partial charge in [0.1, 0.15) is 17.6 Å². The van der Waals surface area contributed by atoms with Gasteiger partial charge in [0.15, 0.2) is 15.6 Å². The van der Waals surface area contributed by atoms with E-state index >= 15 is 0 Å². The van der Waals surface area contributed by atoms with Gasteiger partial charge in [0.2, 0.25) is 11.7 Å². The van der Waals surface area contributed by atoms with Gasteiger partial charge in [-0.15, -0.1) is 0 Å². The number of pyridine rings is 1. The highest BCUT2D eigenvalue weighted by Crippen LogP contribution is 2.24. The van der Waals surface area contributed by atoms with Gasteiger partial charge in [-0.05, 0) is 42.3 Å². The second kappa shape index (κ2) is 9.37. The van der Waals surface area contributed by atoms with E-state index in [0.29, 0.717) is 11.4 Å². The zero-order valence-electron chi connectivity index (χ0n) is 18.0. The van der Waals surface area contributed by atoms with Gasteiger partial charge in [0.25, 0.3) is 5.91 Å². The molecule has 9 nitrogen and oxygen atoms in total. The van der Waals surface area contributed by atoms with Crippen molar-refractivity contribution in [2.24, 2.45) is 5.92 Å². The summed E-state index contributed by atoms with van der Waals surface area (Å²) in [6.45, 7) is 3.80. The van der Waals surface area contributed by atoms with Gasteiger partial charge >= 0.3 is 0 Å². The predicted octanol–water partition coefficient (Wildman–Crippen LogP) is 3.83. The SMILES string of the molecule is CC(C)C(NC(=O)c1ccc(CS(=O)(=O)c2ccccc2)o1)c1nc(-c2cccnc2)no1. The Morgan fingerprint density at radius 3 is 2.55 bits per heavy atom. The first-order valence-electron chi connectivity index (χ1n) is 10.2. The molecule has 0 fully saturated rings. The van der Waals surface area contributed by atoms with Gasteiger partial charge in [0.05, 0.1) is 4.90 Å². The minimum absolute atomic E-state index is 0.00842. The molecule has 0 aliphatic carbocycles. The third kappa shape index (κ3) is 5.17. The van der Waals surface area contributed by atoms with Crippen LogP contribution in [0.1, 0.15) is 42.1 Å². The van der Waals surface area contributed by atoms with Gasteiger partial charge in [0, 0.05) is 18.0 Å². The molecule has 1 N–H and O–H groups in total. The van der Waals surface area contributed by atoms with Crippen molar-refractivity contribution < 1.29 is 22.2 Å². The molecule has 1 aromatic carbocycles. The van der Waals surface area contributed by atoms with Crippen LogP contribution in [0.4, 0.5) is 0 Å². The van der Waals surface area contributed by atoms with Crippen molar-refractivity contribution in [2.45, 2.75) is 30.5 Å². The summed E-state index contributed by atoms with van der Waals surface area (Å²) in [5, 5.41) is 6.80. The molecule has 3 aromatic heterocycles. The van der Waals surface area contributed by atoms with E-state index in [-0.39, 0.29) is 34.0 Å². The number of nitrogens with zero attached hydrogens (tertiary/aromatic N) is 3. The molecule has 4 aromatic rings. The molecular formula is C23H22N4O5S. The molecule has 3 heterocycles. The van der Waals surface area contributed by atoms with E-state index in [1.807, 2.05) is 13.8 Å². The lowest BCUT2D eigenvalue weighted by Gasteiger charge is -2.17. The van der Waals surface area contributed by atoms with Gasteiger partial charge < -0.3 is 14.3 Å². The summed E-state index contributed by atoms with van der Waals surface area (Å²) >= 11 is 0. The Hall–Kier alpha value is -3.79. The van der Waals surface area contributed by atoms with Gasteiger partial charge in [-0.3, -0.25) is 9.78 Å². The molecule has 0 aliphatic rings. The first kappa shape index (κ1) is 22.4. The zero-order valence-corrected chi connectivity index (χ0v) is 18.8. The second-order valence-electron chi connectivity index (χ2n) is 7.73. The lowest BCUT2D eigenvalue weighted by Crippen LogP contribution is -2.31. The van der Waals surface area contributed by atoms with E-state index in [1.165, 1.54) is 24.3 Å². The van der Waals surface area contributed by atoms with E-state index in [4.69, 9.17) is 8.94 Å². The lowest BCUT2D eigenvalue weighted by atomic mass is 10.0. The summed E-state index contributed by atoms with van der Waals surface area (Å²) in [7, 11) is -3.59. The van der Waals surface area contributed by atoms with Crippen molar-refractivity contribution in [3.05, 3.63) is 84.4 Å². The topological polar surface area (TPSA) is 128 Å². The molecule has 170 valence electrons. The summed E-state index contributed by atoms with van der Waals surface area (Å²) in [5.41, 5.74) is 0.691. The van der Waals surface area contributed by atoms with Crippen LogP contribution in [-0.4, -0.2) is 29.4 Å². The zero-order chi connectivity index (χ0) is 23.4. The number of carbonyl (C=O) groups is 1. The van der Waals surface area contributed by atoms with Crippen LogP contribution in [0.25, 0.3) is 11.4 Å². The van der Waals surface area contributed by atoms with Crippen molar-refractivity contribution in [1.82, 2.24) is 20.4 Å². The van der Waals surface area contributed by atoms with Crippen LogP contribution in [0, 0.1) is 5.92 Å². The number of aromatic nitrogens is 3. The fourth-order valence-electron chi connectivity index (χ4n) is 3.18. The maximum atomic E-state index is 12.8. The average Bonchev–Trinajstić information content (AvgIpc) is 3.48. The van der Waals surface area contributed by atoms with Crippen molar-refractivity contribution in [3.8, 4) is 11.4 Å². The Morgan fingerprint density at radius 2 is 1.85 bits per heavy atom. The van der Waals surface area contributed by atoms with Gasteiger partial charge in [-0.1, -0.05) is 37.2 Å². The van der Waals surface area contributed by atoms with Crippen molar-refractivity contribution >= 4 is 15.7 Å². The highest BCUT2D eigenvalue weighted by atomic mass is 32.2. The molecule has 10 heteroatoms. The van der Waals surface area contributed by atoms with Gasteiger partial charge in [-0.25, -0.2) is 8.42 Å². The van der Waals surface area contributed by atoms with E-state index < -0.39 is 21.8 Å². The van der Waals surface area contributed by atoms with E-state index in [1.54, 1.807) is 42.7 Å². The molecule has 33 heavy (non-hydrogen) atoms. The summed E-state index contributed by atoms with van der Waals surface area (Å²) < 4.78 is 36.0. The number of benzene rings is 1. The third-order valence-electron chi connectivity index (χ3n) is 4.90. The maximum absolute atomic E-state index is 12.8. The molecule has 0 saturated heterocycles. The Morgan fingerprint density at radius 1 is 1.06 bits per heavy atom. The summed E-state index contributed by atoms with van der Waals surface area (Å²) in [4.78, 5) is 21.4. The van der Waals surface area contributed by atoms with Gasteiger partial charge in [-0.2, -0.15) is 4.98 Å². The number of furan rings is 1. The Kier molecular flexibility index (Phi) is 6.36. The van der Waals surface area contributed by atoms with Crippen LogP contribution >= 0.6 is 0 Å². The number of rotatable bonds is 8. The van der Waals surface area contributed by atoms with Crippen LogP contribution in [0.15, 0.2) is 80.8 Å². The molecule has 0 aliphatic heterocycles. The fourth-order valence-corrected chi connectivity index (χ4v) is 4.44. The van der Waals surface area contributed by atoms with Crippen LogP contribution < -0.4 is 5.32 Å². The highest BCUT2D eigenvalue weighted by Gasteiger charge is 2.27. The molecule has 0 saturated carbocycles. The lowest BCUT2D eigenvalue weighted by molar-refractivity contribution is 0.0884. The van der Waals surface area contributed by atoms with Crippen molar-refractivity contribution in [3.63, 3.8) is 0 Å². The number of hydrogen-bond donors (Lipinski definition) is 1. The third-order valence-corrected chi connectivity index (χ3v) is 6.56. The first-order chi connectivity index (χ1) is 15.8. The summed E-state index contributed by atoms with van der Waals surface area (Å²) in [6, 6.07) is 14.0. The van der Waals surface area contributed by atoms with Crippen LogP contribution in [0.2, 0.25) is 0 Å². The predicted molar refractivity (Wildman–Crippen MR) is 119 cm³/mol. The largest absolute Gasteiger partial charge is 0.455 e.